The summed E-state index contributed by atoms with van der Waals surface area (Å²) in [5.41, 5.74) is 4.87. The lowest BCUT2D eigenvalue weighted by Crippen LogP contribution is -2.47. The van der Waals surface area contributed by atoms with E-state index in [1.165, 1.54) is 25.1 Å². The molecule has 2 aromatic rings. The van der Waals surface area contributed by atoms with Crippen LogP contribution in [-0.2, 0) is 9.59 Å². The van der Waals surface area contributed by atoms with E-state index in [0.29, 0.717) is 17.9 Å². The van der Waals surface area contributed by atoms with Gasteiger partial charge in [-0.2, -0.15) is 0 Å². The predicted molar refractivity (Wildman–Crippen MR) is 104 cm³/mol. The Hall–Kier alpha value is -3.42. The van der Waals surface area contributed by atoms with Gasteiger partial charge in [0.1, 0.15) is 5.75 Å². The van der Waals surface area contributed by atoms with Crippen molar-refractivity contribution < 1.29 is 28.2 Å². The second kappa shape index (κ2) is 10.8. The highest BCUT2D eigenvalue weighted by atomic mass is 19.1. The summed E-state index contributed by atoms with van der Waals surface area (Å²) >= 11 is 0. The third-order valence-corrected chi connectivity index (χ3v) is 3.90. The molecule has 0 aromatic heterocycles. The molecular formula is C21H23FN2O5. The van der Waals surface area contributed by atoms with Crippen molar-refractivity contribution in [3.05, 3.63) is 59.9 Å². The number of hydrazine groups is 1. The van der Waals surface area contributed by atoms with Crippen LogP contribution in [0.15, 0.2) is 48.5 Å². The molecule has 0 saturated heterocycles. The van der Waals surface area contributed by atoms with Crippen LogP contribution in [0.1, 0.15) is 37.0 Å². The van der Waals surface area contributed by atoms with Crippen LogP contribution in [0.4, 0.5) is 4.39 Å². The van der Waals surface area contributed by atoms with Crippen LogP contribution >= 0.6 is 0 Å². The standard InChI is InChI=1S/C21H23FN2O5/c1-3-28-16-10-8-15(9-11-16)18(25)12-13-20(26)23-24-21(27)14(2)29-19-7-5-4-6-17(19)22/h4-11,14H,3,12-13H2,1-2H3,(H,23,26)(H,24,27)/t14-/m1/s1. The zero-order valence-corrected chi connectivity index (χ0v) is 16.2. The minimum Gasteiger partial charge on any atom is -0.494 e. The molecule has 0 aliphatic rings. The van der Waals surface area contributed by atoms with Gasteiger partial charge >= 0.3 is 0 Å². The minimum atomic E-state index is -1.03. The van der Waals surface area contributed by atoms with Crippen molar-refractivity contribution in [2.75, 3.05) is 6.61 Å². The lowest BCUT2D eigenvalue weighted by Gasteiger charge is -2.15. The van der Waals surface area contributed by atoms with Crippen LogP contribution in [0.3, 0.4) is 0 Å². The van der Waals surface area contributed by atoms with Crippen molar-refractivity contribution in [1.29, 1.82) is 0 Å². The van der Waals surface area contributed by atoms with E-state index in [1.54, 1.807) is 30.3 Å². The van der Waals surface area contributed by atoms with E-state index < -0.39 is 23.7 Å². The summed E-state index contributed by atoms with van der Waals surface area (Å²) in [6.45, 7) is 3.82. The number of amides is 2. The molecule has 0 saturated carbocycles. The van der Waals surface area contributed by atoms with Crippen LogP contribution in [0.25, 0.3) is 0 Å². The molecule has 2 amide bonds. The van der Waals surface area contributed by atoms with Gasteiger partial charge in [-0.1, -0.05) is 12.1 Å². The van der Waals surface area contributed by atoms with E-state index in [-0.39, 0.29) is 24.4 Å². The largest absolute Gasteiger partial charge is 0.494 e. The highest BCUT2D eigenvalue weighted by Gasteiger charge is 2.17. The number of Topliss-reactive ketones (excluding diaryl/α,β-unsaturated/α-hetero) is 1. The fraction of sp³-hybridized carbons (Fsp3) is 0.286. The van der Waals surface area contributed by atoms with Crippen LogP contribution in [-0.4, -0.2) is 30.3 Å². The number of carbonyl (C=O) groups excluding carboxylic acids is 3. The van der Waals surface area contributed by atoms with Crippen molar-refractivity contribution >= 4 is 17.6 Å². The second-order valence-corrected chi connectivity index (χ2v) is 6.11. The maximum absolute atomic E-state index is 13.5. The highest BCUT2D eigenvalue weighted by molar-refractivity contribution is 5.98. The number of para-hydroxylation sites is 1. The Balaban J connectivity index is 1.73. The summed E-state index contributed by atoms with van der Waals surface area (Å²) < 4.78 is 24.1. The summed E-state index contributed by atoms with van der Waals surface area (Å²) in [5.74, 6) is -1.39. The zero-order chi connectivity index (χ0) is 21.2. The molecule has 2 N–H and O–H groups in total. The van der Waals surface area contributed by atoms with E-state index in [0.717, 1.165) is 0 Å². The number of rotatable bonds is 9. The van der Waals surface area contributed by atoms with Gasteiger partial charge < -0.3 is 9.47 Å². The Bertz CT molecular complexity index is 854. The van der Waals surface area contributed by atoms with Gasteiger partial charge in [-0.25, -0.2) is 4.39 Å². The second-order valence-electron chi connectivity index (χ2n) is 6.11. The predicted octanol–water partition coefficient (Wildman–Crippen LogP) is 2.80. The van der Waals surface area contributed by atoms with Gasteiger partial charge in [-0.05, 0) is 50.2 Å². The van der Waals surface area contributed by atoms with Crippen molar-refractivity contribution in [3.8, 4) is 11.5 Å². The van der Waals surface area contributed by atoms with E-state index in [9.17, 15) is 18.8 Å². The minimum absolute atomic E-state index is 0.0169. The Kier molecular flexibility index (Phi) is 8.14. The van der Waals surface area contributed by atoms with E-state index >= 15 is 0 Å². The molecule has 29 heavy (non-hydrogen) atoms. The van der Waals surface area contributed by atoms with Crippen LogP contribution in [0.2, 0.25) is 0 Å². The number of ketones is 1. The van der Waals surface area contributed by atoms with Crippen LogP contribution in [0.5, 0.6) is 11.5 Å². The fourth-order valence-electron chi connectivity index (χ4n) is 2.35. The normalized spacial score (nSPS) is 11.3. The van der Waals surface area contributed by atoms with Gasteiger partial charge in [0.25, 0.3) is 5.91 Å². The molecule has 0 unspecified atom stereocenters. The van der Waals surface area contributed by atoms with Gasteiger partial charge in [0.05, 0.1) is 6.61 Å². The number of carbonyl (C=O) groups is 3. The van der Waals surface area contributed by atoms with E-state index in [1.807, 2.05) is 6.92 Å². The number of hydrogen-bond donors (Lipinski definition) is 2. The average molecular weight is 402 g/mol. The fourth-order valence-corrected chi connectivity index (χ4v) is 2.35. The first-order chi connectivity index (χ1) is 13.9. The van der Waals surface area contributed by atoms with Crippen LogP contribution in [0, 0.1) is 5.82 Å². The van der Waals surface area contributed by atoms with E-state index in [2.05, 4.69) is 10.9 Å². The molecule has 1 atom stereocenters. The van der Waals surface area contributed by atoms with Gasteiger partial charge in [0, 0.05) is 18.4 Å². The van der Waals surface area contributed by atoms with Gasteiger partial charge in [0.15, 0.2) is 23.5 Å². The van der Waals surface area contributed by atoms with Gasteiger partial charge in [0.2, 0.25) is 5.91 Å². The third-order valence-electron chi connectivity index (χ3n) is 3.90. The first-order valence-electron chi connectivity index (χ1n) is 9.16. The Morgan fingerprint density at radius 1 is 1.00 bits per heavy atom. The SMILES string of the molecule is CCOc1ccc(C(=O)CCC(=O)NNC(=O)[C@@H](C)Oc2ccccc2F)cc1. The molecule has 0 radical (unpaired) electrons. The molecule has 154 valence electrons. The summed E-state index contributed by atoms with van der Waals surface area (Å²) in [5, 5.41) is 0. The number of hydrogen-bond acceptors (Lipinski definition) is 5. The maximum Gasteiger partial charge on any atom is 0.279 e. The van der Waals surface area contributed by atoms with Crippen molar-refractivity contribution in [2.24, 2.45) is 0 Å². The number of nitrogens with one attached hydrogen (secondary N) is 2. The number of ether oxygens (including phenoxy) is 2. The molecule has 0 heterocycles. The molecule has 7 nitrogen and oxygen atoms in total. The van der Waals surface area contributed by atoms with Crippen LogP contribution < -0.4 is 20.3 Å². The van der Waals surface area contributed by atoms with Gasteiger partial charge in [-0.3, -0.25) is 25.2 Å². The molecule has 2 aromatic carbocycles. The monoisotopic (exact) mass is 402 g/mol. The topological polar surface area (TPSA) is 93.7 Å². The lowest BCUT2D eigenvalue weighted by atomic mass is 10.1. The summed E-state index contributed by atoms with van der Waals surface area (Å²) in [6, 6.07) is 12.3. The Morgan fingerprint density at radius 3 is 2.34 bits per heavy atom. The molecule has 2 rings (SSSR count). The average Bonchev–Trinajstić information content (AvgIpc) is 2.72. The molecule has 8 heteroatoms. The molecule has 0 fully saturated rings. The lowest BCUT2D eigenvalue weighted by molar-refractivity contribution is -0.132. The van der Waals surface area contributed by atoms with Gasteiger partial charge in [-0.15, -0.1) is 0 Å². The molecule has 0 bridgehead atoms. The first-order valence-corrected chi connectivity index (χ1v) is 9.16. The number of halogens is 1. The van der Waals surface area contributed by atoms with Crippen molar-refractivity contribution in [1.82, 2.24) is 10.9 Å². The first kappa shape index (κ1) is 21.9. The quantitative estimate of drug-likeness (QED) is 0.497. The smallest absolute Gasteiger partial charge is 0.279 e. The van der Waals surface area contributed by atoms with Crippen molar-refractivity contribution in [2.45, 2.75) is 32.8 Å². The molecule has 0 aliphatic heterocycles. The van der Waals surface area contributed by atoms with E-state index in [4.69, 9.17) is 9.47 Å². The molecule has 0 aliphatic carbocycles. The molecular weight excluding hydrogens is 379 g/mol. The Labute approximate surface area is 168 Å². The third kappa shape index (κ3) is 6.91. The summed E-state index contributed by atoms with van der Waals surface area (Å²) in [7, 11) is 0. The summed E-state index contributed by atoms with van der Waals surface area (Å²) in [4.78, 5) is 36.0. The number of benzene rings is 2. The molecule has 0 spiro atoms. The highest BCUT2D eigenvalue weighted by Crippen LogP contribution is 2.17. The Morgan fingerprint density at radius 2 is 1.69 bits per heavy atom. The summed E-state index contributed by atoms with van der Waals surface area (Å²) in [6.07, 6.45) is -1.15. The van der Waals surface area contributed by atoms with Crippen molar-refractivity contribution in [3.63, 3.8) is 0 Å². The zero-order valence-electron chi connectivity index (χ0n) is 16.2. The maximum atomic E-state index is 13.5.